The van der Waals surface area contributed by atoms with E-state index in [9.17, 15) is 5.11 Å². The molecule has 2 aromatic heterocycles. The third kappa shape index (κ3) is 0.984. The van der Waals surface area contributed by atoms with Crippen molar-refractivity contribution in [2.45, 2.75) is 6.92 Å². The number of rotatable bonds is 0. The standard InChI is InChI=1S/C6H5ClN4O/c1-3-8-5-2-4(7)9-6(12)11(5)10-3/h2H,1H3,(H,9,12). The van der Waals surface area contributed by atoms with Gasteiger partial charge >= 0.3 is 6.01 Å². The summed E-state index contributed by atoms with van der Waals surface area (Å²) in [7, 11) is 0. The van der Waals surface area contributed by atoms with E-state index in [1.165, 1.54) is 10.6 Å². The van der Waals surface area contributed by atoms with Crippen LogP contribution in [0, 0.1) is 6.92 Å². The Morgan fingerprint density at radius 2 is 2.25 bits per heavy atom. The Balaban J connectivity index is 2.88. The summed E-state index contributed by atoms with van der Waals surface area (Å²) >= 11 is 5.58. The van der Waals surface area contributed by atoms with E-state index in [4.69, 9.17) is 11.6 Å². The number of hydrogen-bond acceptors (Lipinski definition) is 4. The maximum Gasteiger partial charge on any atom is 0.318 e. The first kappa shape index (κ1) is 7.30. The average molecular weight is 185 g/mol. The molecule has 6 heteroatoms. The molecule has 0 atom stereocenters. The van der Waals surface area contributed by atoms with Gasteiger partial charge in [0.25, 0.3) is 0 Å². The van der Waals surface area contributed by atoms with E-state index < -0.39 is 0 Å². The van der Waals surface area contributed by atoms with E-state index in [0.717, 1.165) is 0 Å². The second kappa shape index (κ2) is 2.31. The first-order valence-corrected chi connectivity index (χ1v) is 3.63. The second-order valence-corrected chi connectivity index (χ2v) is 2.70. The zero-order valence-electron chi connectivity index (χ0n) is 6.19. The summed E-state index contributed by atoms with van der Waals surface area (Å²) in [5.74, 6) is 0.564. The van der Waals surface area contributed by atoms with Gasteiger partial charge in [-0.15, -0.1) is 5.10 Å². The van der Waals surface area contributed by atoms with Crippen LogP contribution in [0.3, 0.4) is 0 Å². The molecule has 0 saturated carbocycles. The maximum absolute atomic E-state index is 9.23. The molecule has 0 unspecified atom stereocenters. The molecule has 62 valence electrons. The minimum Gasteiger partial charge on any atom is -0.479 e. The number of aromatic nitrogens is 4. The predicted molar refractivity (Wildman–Crippen MR) is 42.2 cm³/mol. The van der Waals surface area contributed by atoms with E-state index in [-0.39, 0.29) is 11.2 Å². The highest BCUT2D eigenvalue weighted by atomic mass is 35.5. The van der Waals surface area contributed by atoms with Gasteiger partial charge in [0.1, 0.15) is 11.0 Å². The average Bonchev–Trinajstić information content (AvgIpc) is 2.29. The Labute approximate surface area is 72.6 Å². The number of halogens is 1. The van der Waals surface area contributed by atoms with Crippen molar-refractivity contribution in [1.82, 2.24) is 19.6 Å². The van der Waals surface area contributed by atoms with Crippen LogP contribution in [0.5, 0.6) is 6.01 Å². The van der Waals surface area contributed by atoms with Crippen LogP contribution >= 0.6 is 11.6 Å². The van der Waals surface area contributed by atoms with Crippen LogP contribution in [0.2, 0.25) is 5.15 Å². The van der Waals surface area contributed by atoms with Crippen molar-refractivity contribution in [2.24, 2.45) is 0 Å². The third-order valence-electron chi connectivity index (χ3n) is 1.38. The van der Waals surface area contributed by atoms with Crippen LogP contribution in [-0.2, 0) is 0 Å². The number of aryl methyl sites for hydroxylation is 1. The summed E-state index contributed by atoms with van der Waals surface area (Å²) in [5.41, 5.74) is 0.491. The SMILES string of the molecule is Cc1nc2cc(Cl)nc(O)n2n1. The molecule has 0 aliphatic rings. The summed E-state index contributed by atoms with van der Waals surface area (Å²) < 4.78 is 1.22. The monoisotopic (exact) mass is 184 g/mol. The first-order chi connectivity index (χ1) is 5.66. The van der Waals surface area contributed by atoms with Gasteiger partial charge in [-0.1, -0.05) is 11.6 Å². The molecular weight excluding hydrogens is 180 g/mol. The lowest BCUT2D eigenvalue weighted by atomic mass is 10.6. The Kier molecular flexibility index (Phi) is 1.41. The summed E-state index contributed by atoms with van der Waals surface area (Å²) in [4.78, 5) is 7.60. The molecular formula is C6H5ClN4O. The van der Waals surface area contributed by atoms with Crippen molar-refractivity contribution in [2.75, 3.05) is 0 Å². The molecule has 5 nitrogen and oxygen atoms in total. The highest BCUT2D eigenvalue weighted by molar-refractivity contribution is 6.29. The summed E-state index contributed by atoms with van der Waals surface area (Å²) in [6.45, 7) is 1.72. The largest absolute Gasteiger partial charge is 0.479 e. The Morgan fingerprint density at radius 3 is 3.00 bits per heavy atom. The van der Waals surface area contributed by atoms with Gasteiger partial charge in [0.2, 0.25) is 0 Å². The molecule has 0 amide bonds. The van der Waals surface area contributed by atoms with Crippen LogP contribution in [0.15, 0.2) is 6.07 Å². The molecule has 1 N–H and O–H groups in total. The van der Waals surface area contributed by atoms with Crippen molar-refractivity contribution < 1.29 is 5.11 Å². The van der Waals surface area contributed by atoms with Crippen molar-refractivity contribution in [1.29, 1.82) is 0 Å². The third-order valence-corrected chi connectivity index (χ3v) is 1.58. The Morgan fingerprint density at radius 1 is 1.50 bits per heavy atom. The van der Waals surface area contributed by atoms with Crippen LogP contribution < -0.4 is 0 Å². The number of nitrogens with zero attached hydrogens (tertiary/aromatic N) is 4. The predicted octanol–water partition coefficient (Wildman–Crippen LogP) is 0.792. The highest BCUT2D eigenvalue weighted by Crippen LogP contribution is 2.13. The molecule has 0 aliphatic carbocycles. The minimum absolute atomic E-state index is 0.201. The molecule has 2 aromatic rings. The topological polar surface area (TPSA) is 63.3 Å². The molecule has 0 fully saturated rings. The first-order valence-electron chi connectivity index (χ1n) is 3.26. The Bertz CT molecular complexity index is 438. The van der Waals surface area contributed by atoms with Gasteiger partial charge < -0.3 is 5.11 Å². The van der Waals surface area contributed by atoms with Crippen molar-refractivity contribution in [3.05, 3.63) is 17.0 Å². The van der Waals surface area contributed by atoms with Gasteiger partial charge in [0.15, 0.2) is 5.65 Å². The lowest BCUT2D eigenvalue weighted by molar-refractivity contribution is 0.413. The Hall–Kier alpha value is -1.36. The molecule has 0 spiro atoms. The molecule has 0 bridgehead atoms. The van der Waals surface area contributed by atoms with Gasteiger partial charge in [-0.05, 0) is 6.92 Å². The van der Waals surface area contributed by atoms with Gasteiger partial charge in [0, 0.05) is 6.07 Å². The van der Waals surface area contributed by atoms with E-state index in [0.29, 0.717) is 11.5 Å². The zero-order valence-corrected chi connectivity index (χ0v) is 6.95. The van der Waals surface area contributed by atoms with Crippen LogP contribution in [0.1, 0.15) is 5.82 Å². The van der Waals surface area contributed by atoms with Gasteiger partial charge in [-0.25, -0.2) is 4.98 Å². The van der Waals surface area contributed by atoms with Gasteiger partial charge in [-0.3, -0.25) is 0 Å². The van der Waals surface area contributed by atoms with Crippen molar-refractivity contribution >= 4 is 17.2 Å². The van der Waals surface area contributed by atoms with Gasteiger partial charge in [-0.2, -0.15) is 9.50 Å². The highest BCUT2D eigenvalue weighted by Gasteiger charge is 2.05. The van der Waals surface area contributed by atoms with Crippen LogP contribution in [0.4, 0.5) is 0 Å². The van der Waals surface area contributed by atoms with Crippen molar-refractivity contribution in [3.8, 4) is 6.01 Å². The summed E-state index contributed by atoms with van der Waals surface area (Å²) in [6, 6.07) is 1.28. The summed E-state index contributed by atoms with van der Waals surface area (Å²) in [5, 5.41) is 13.3. The van der Waals surface area contributed by atoms with Crippen LogP contribution in [0.25, 0.3) is 5.65 Å². The van der Waals surface area contributed by atoms with E-state index >= 15 is 0 Å². The normalized spacial score (nSPS) is 10.8. The molecule has 2 heterocycles. The van der Waals surface area contributed by atoms with E-state index in [1.54, 1.807) is 6.92 Å². The lowest BCUT2D eigenvalue weighted by Gasteiger charge is -1.94. The molecule has 0 saturated heterocycles. The van der Waals surface area contributed by atoms with E-state index in [2.05, 4.69) is 15.1 Å². The fourth-order valence-corrected chi connectivity index (χ4v) is 1.13. The fraction of sp³-hybridized carbons (Fsp3) is 0.167. The maximum atomic E-state index is 9.23. The zero-order chi connectivity index (χ0) is 8.72. The quantitative estimate of drug-likeness (QED) is 0.615. The lowest BCUT2D eigenvalue weighted by Crippen LogP contribution is -1.91. The second-order valence-electron chi connectivity index (χ2n) is 2.31. The molecule has 12 heavy (non-hydrogen) atoms. The number of hydrogen-bond donors (Lipinski definition) is 1. The molecule has 0 aliphatic heterocycles. The van der Waals surface area contributed by atoms with Gasteiger partial charge in [0.05, 0.1) is 0 Å². The smallest absolute Gasteiger partial charge is 0.318 e. The van der Waals surface area contributed by atoms with E-state index in [1.807, 2.05) is 0 Å². The van der Waals surface area contributed by atoms with Crippen molar-refractivity contribution in [3.63, 3.8) is 0 Å². The summed E-state index contributed by atoms with van der Waals surface area (Å²) in [6.07, 6.45) is 0. The molecule has 0 aromatic carbocycles. The fourth-order valence-electron chi connectivity index (χ4n) is 0.954. The number of fused-ring (bicyclic) bond motifs is 1. The van der Waals surface area contributed by atoms with Crippen LogP contribution in [-0.4, -0.2) is 24.7 Å². The molecule has 2 rings (SSSR count). The molecule has 0 radical (unpaired) electrons. The number of aromatic hydroxyl groups is 1. The minimum atomic E-state index is -0.252.